The van der Waals surface area contributed by atoms with Gasteiger partial charge < -0.3 is 5.11 Å². The van der Waals surface area contributed by atoms with Gasteiger partial charge in [-0.2, -0.15) is 13.2 Å². The van der Waals surface area contributed by atoms with Gasteiger partial charge in [0.2, 0.25) is 0 Å². The predicted molar refractivity (Wildman–Crippen MR) is 63.7 cm³/mol. The Kier molecular flexibility index (Phi) is 3.56. The quantitative estimate of drug-likeness (QED) is 0.916. The summed E-state index contributed by atoms with van der Waals surface area (Å²) < 4.78 is 38.3. The van der Waals surface area contributed by atoms with Crippen molar-refractivity contribution in [2.45, 2.75) is 25.9 Å². The van der Waals surface area contributed by atoms with Gasteiger partial charge in [0.1, 0.15) is 0 Å². The van der Waals surface area contributed by atoms with E-state index in [0.717, 1.165) is 18.1 Å². The van der Waals surface area contributed by atoms with Gasteiger partial charge >= 0.3 is 12.1 Å². The second kappa shape index (κ2) is 4.87. The molecule has 0 amide bonds. The molecule has 0 radical (unpaired) electrons. The van der Waals surface area contributed by atoms with E-state index in [1.165, 1.54) is 0 Å². The van der Waals surface area contributed by atoms with Crippen molar-refractivity contribution >= 4 is 5.97 Å². The van der Waals surface area contributed by atoms with Crippen molar-refractivity contribution in [3.63, 3.8) is 0 Å². The fourth-order valence-electron chi connectivity index (χ4n) is 2.87. The molecule has 19 heavy (non-hydrogen) atoms. The zero-order chi connectivity index (χ0) is 14.2. The van der Waals surface area contributed by atoms with Gasteiger partial charge in [-0.25, -0.2) is 0 Å². The fourth-order valence-corrected chi connectivity index (χ4v) is 2.87. The van der Waals surface area contributed by atoms with Crippen LogP contribution in [0, 0.1) is 17.8 Å². The van der Waals surface area contributed by atoms with E-state index in [0.29, 0.717) is 12.8 Å². The van der Waals surface area contributed by atoms with Gasteiger partial charge in [0.15, 0.2) is 0 Å². The van der Waals surface area contributed by atoms with Gasteiger partial charge in [0.05, 0.1) is 11.8 Å². The van der Waals surface area contributed by atoms with Crippen molar-refractivity contribution in [1.82, 2.24) is 0 Å². The molecule has 5 heteroatoms. The number of halogens is 3. The third kappa shape index (κ3) is 2.74. The Morgan fingerprint density at radius 1 is 1.26 bits per heavy atom. The molecule has 2 nitrogen and oxygen atoms in total. The minimum atomic E-state index is -4.47. The zero-order valence-corrected chi connectivity index (χ0v) is 10.4. The van der Waals surface area contributed by atoms with Gasteiger partial charge in [0, 0.05) is 0 Å². The molecule has 0 aromatic heterocycles. The summed E-state index contributed by atoms with van der Waals surface area (Å²) >= 11 is 0. The largest absolute Gasteiger partial charge is 0.481 e. The number of fused-ring (bicyclic) bond motifs is 1. The molecule has 0 bridgehead atoms. The highest BCUT2D eigenvalue weighted by atomic mass is 19.4. The lowest BCUT2D eigenvalue weighted by Gasteiger charge is -2.27. The van der Waals surface area contributed by atoms with Crippen LogP contribution in [0.25, 0.3) is 0 Å². The van der Waals surface area contributed by atoms with E-state index in [9.17, 15) is 18.0 Å². The minimum Gasteiger partial charge on any atom is -0.481 e. The number of carboxylic acid groups (broad SMARTS) is 1. The lowest BCUT2D eigenvalue weighted by Crippen LogP contribution is -2.38. The fraction of sp³-hybridized carbons (Fsp3) is 0.500. The lowest BCUT2D eigenvalue weighted by atomic mass is 9.80. The van der Waals surface area contributed by atoms with Crippen molar-refractivity contribution in [2.24, 2.45) is 17.8 Å². The lowest BCUT2D eigenvalue weighted by molar-refractivity contribution is -0.196. The highest BCUT2D eigenvalue weighted by Gasteiger charge is 2.48. The van der Waals surface area contributed by atoms with Crippen molar-refractivity contribution in [3.8, 4) is 0 Å². The first-order chi connectivity index (χ1) is 8.80. The van der Waals surface area contributed by atoms with E-state index in [1.54, 1.807) is 0 Å². The standard InChI is InChI=1S/C14H15F3O2/c1-8(14(15,16)17)12(13(18)19)11-6-9-4-2-3-5-10(9)7-11/h2-5,8,11-12H,6-7H2,1H3,(H,18,19)/t8-,12+/m1/s1. The Morgan fingerprint density at radius 3 is 2.11 bits per heavy atom. The third-order valence-corrected chi connectivity index (χ3v) is 3.93. The molecule has 1 aliphatic carbocycles. The van der Waals surface area contributed by atoms with Gasteiger partial charge in [0.25, 0.3) is 0 Å². The number of hydrogen-bond donors (Lipinski definition) is 1. The van der Waals surface area contributed by atoms with Crippen LogP contribution in [0.15, 0.2) is 24.3 Å². The topological polar surface area (TPSA) is 37.3 Å². The van der Waals surface area contributed by atoms with Crippen LogP contribution in [0.1, 0.15) is 18.1 Å². The van der Waals surface area contributed by atoms with Crippen LogP contribution in [-0.2, 0) is 17.6 Å². The molecular weight excluding hydrogens is 257 g/mol. The van der Waals surface area contributed by atoms with Crippen molar-refractivity contribution in [2.75, 3.05) is 0 Å². The van der Waals surface area contributed by atoms with Gasteiger partial charge in [-0.15, -0.1) is 0 Å². The zero-order valence-electron chi connectivity index (χ0n) is 10.4. The van der Waals surface area contributed by atoms with Crippen LogP contribution >= 0.6 is 0 Å². The maximum Gasteiger partial charge on any atom is 0.392 e. The molecule has 0 spiro atoms. The summed E-state index contributed by atoms with van der Waals surface area (Å²) in [5.41, 5.74) is 1.93. The Bertz CT molecular complexity index is 457. The maximum absolute atomic E-state index is 12.8. The number of aliphatic carboxylic acids is 1. The molecule has 1 N–H and O–H groups in total. The molecule has 0 aliphatic heterocycles. The highest BCUT2D eigenvalue weighted by Crippen LogP contribution is 2.40. The average molecular weight is 272 g/mol. The second-order valence-corrected chi connectivity index (χ2v) is 5.13. The molecule has 104 valence electrons. The molecule has 0 saturated carbocycles. The van der Waals surface area contributed by atoms with Gasteiger partial charge in [-0.1, -0.05) is 31.2 Å². The molecular formula is C14H15F3O2. The number of rotatable bonds is 3. The van der Waals surface area contributed by atoms with E-state index in [2.05, 4.69) is 0 Å². The molecule has 0 fully saturated rings. The molecule has 0 heterocycles. The molecule has 0 saturated heterocycles. The number of alkyl halides is 3. The summed E-state index contributed by atoms with van der Waals surface area (Å²) in [7, 11) is 0. The van der Waals surface area contributed by atoms with Crippen LogP contribution in [0.4, 0.5) is 13.2 Å². The van der Waals surface area contributed by atoms with Crippen LogP contribution in [-0.4, -0.2) is 17.3 Å². The number of hydrogen-bond acceptors (Lipinski definition) is 1. The van der Waals surface area contributed by atoms with E-state index in [-0.39, 0.29) is 0 Å². The van der Waals surface area contributed by atoms with Crippen molar-refractivity contribution in [3.05, 3.63) is 35.4 Å². The Morgan fingerprint density at radius 2 is 1.74 bits per heavy atom. The molecule has 2 rings (SSSR count). The van der Waals surface area contributed by atoms with Gasteiger partial charge in [-0.05, 0) is 29.9 Å². The van der Waals surface area contributed by atoms with Crippen LogP contribution < -0.4 is 0 Å². The third-order valence-electron chi connectivity index (χ3n) is 3.93. The molecule has 1 aromatic rings. The smallest absolute Gasteiger partial charge is 0.392 e. The first-order valence-electron chi connectivity index (χ1n) is 6.17. The predicted octanol–water partition coefficient (Wildman–Crippen LogP) is 3.30. The highest BCUT2D eigenvalue weighted by molar-refractivity contribution is 5.71. The van der Waals surface area contributed by atoms with Crippen LogP contribution in [0.3, 0.4) is 0 Å². The minimum absolute atomic E-state index is 0.410. The Labute approximate surface area is 109 Å². The summed E-state index contributed by atoms with van der Waals surface area (Å²) in [5, 5.41) is 9.15. The van der Waals surface area contributed by atoms with Crippen molar-refractivity contribution in [1.29, 1.82) is 0 Å². The monoisotopic (exact) mass is 272 g/mol. The first kappa shape index (κ1) is 13.9. The summed E-state index contributed by atoms with van der Waals surface area (Å²) in [6.45, 7) is 0.960. The normalized spacial score (nSPS) is 18.9. The summed E-state index contributed by atoms with van der Waals surface area (Å²) in [5.74, 6) is -5.05. The Hall–Kier alpha value is -1.52. The maximum atomic E-state index is 12.8. The number of carboxylic acids is 1. The van der Waals surface area contributed by atoms with Gasteiger partial charge in [-0.3, -0.25) is 4.79 Å². The molecule has 0 unspecified atom stereocenters. The van der Waals surface area contributed by atoms with E-state index >= 15 is 0 Å². The SMILES string of the molecule is C[C@H]([C@H](C(=O)O)C1Cc2ccccc2C1)C(F)(F)F. The Balaban J connectivity index is 2.22. The summed E-state index contributed by atoms with van der Waals surface area (Å²) in [4.78, 5) is 11.2. The van der Waals surface area contributed by atoms with Crippen molar-refractivity contribution < 1.29 is 23.1 Å². The molecule has 1 aromatic carbocycles. The van der Waals surface area contributed by atoms with E-state index in [4.69, 9.17) is 5.11 Å². The first-order valence-corrected chi connectivity index (χ1v) is 6.17. The molecule has 1 aliphatic rings. The van der Waals surface area contributed by atoms with Crippen LogP contribution in [0.2, 0.25) is 0 Å². The van der Waals surface area contributed by atoms with E-state index < -0.39 is 29.9 Å². The molecule has 2 atom stereocenters. The number of benzene rings is 1. The second-order valence-electron chi connectivity index (χ2n) is 5.13. The summed E-state index contributed by atoms with van der Waals surface area (Å²) in [6.07, 6.45) is -3.65. The van der Waals surface area contributed by atoms with E-state index in [1.807, 2.05) is 24.3 Å². The number of carbonyl (C=O) groups is 1. The summed E-state index contributed by atoms with van der Waals surface area (Å²) in [6, 6.07) is 7.35. The average Bonchev–Trinajstić information content (AvgIpc) is 2.70. The van der Waals surface area contributed by atoms with Crippen LogP contribution in [0.5, 0.6) is 0 Å².